The molecule has 0 aromatic heterocycles. The van der Waals surface area contributed by atoms with Crippen LogP contribution in [0.4, 0.5) is 0 Å². The molecule has 1 aliphatic heterocycles. The second-order valence-electron chi connectivity index (χ2n) is 5.81. The Hall–Kier alpha value is -0.860. The maximum absolute atomic E-state index is 6.89. The normalized spacial score (nSPS) is 21.2. The SMILES string of the molecule is CCCC(N1CCCC1)C(N)(CC)c1ccccc1. The molecule has 106 valence electrons. The molecule has 0 aliphatic carbocycles. The van der Waals surface area contributed by atoms with Crippen molar-refractivity contribution >= 4 is 0 Å². The van der Waals surface area contributed by atoms with Gasteiger partial charge in [0.15, 0.2) is 0 Å². The van der Waals surface area contributed by atoms with Gasteiger partial charge < -0.3 is 5.73 Å². The van der Waals surface area contributed by atoms with Gasteiger partial charge in [-0.3, -0.25) is 4.90 Å². The summed E-state index contributed by atoms with van der Waals surface area (Å²) in [5.41, 5.74) is 7.97. The van der Waals surface area contributed by atoms with Gasteiger partial charge in [0.05, 0.1) is 5.54 Å². The monoisotopic (exact) mass is 260 g/mol. The van der Waals surface area contributed by atoms with Gasteiger partial charge in [0.2, 0.25) is 0 Å². The van der Waals surface area contributed by atoms with Gasteiger partial charge in [-0.1, -0.05) is 50.6 Å². The highest BCUT2D eigenvalue weighted by molar-refractivity contribution is 5.26. The molecule has 0 saturated carbocycles. The molecule has 2 atom stereocenters. The van der Waals surface area contributed by atoms with Crippen LogP contribution in [0.2, 0.25) is 0 Å². The molecular weight excluding hydrogens is 232 g/mol. The largest absolute Gasteiger partial charge is 0.320 e. The number of benzene rings is 1. The van der Waals surface area contributed by atoms with Crippen molar-refractivity contribution in [1.82, 2.24) is 4.90 Å². The predicted molar refractivity (Wildman–Crippen MR) is 82.1 cm³/mol. The molecule has 19 heavy (non-hydrogen) atoms. The van der Waals surface area contributed by atoms with E-state index in [1.165, 1.54) is 44.3 Å². The van der Waals surface area contributed by atoms with Crippen molar-refractivity contribution in [2.75, 3.05) is 13.1 Å². The molecule has 0 amide bonds. The Morgan fingerprint density at radius 3 is 2.32 bits per heavy atom. The van der Waals surface area contributed by atoms with Crippen molar-refractivity contribution < 1.29 is 0 Å². The minimum absolute atomic E-state index is 0.207. The average molecular weight is 260 g/mol. The summed E-state index contributed by atoms with van der Waals surface area (Å²) in [7, 11) is 0. The fourth-order valence-corrected chi connectivity index (χ4v) is 3.47. The van der Waals surface area contributed by atoms with E-state index in [0.29, 0.717) is 6.04 Å². The lowest BCUT2D eigenvalue weighted by Crippen LogP contribution is -2.55. The molecule has 1 aromatic rings. The van der Waals surface area contributed by atoms with E-state index in [0.717, 1.165) is 6.42 Å². The summed E-state index contributed by atoms with van der Waals surface area (Å²) < 4.78 is 0. The second-order valence-corrected chi connectivity index (χ2v) is 5.81. The molecule has 2 nitrogen and oxygen atoms in total. The van der Waals surface area contributed by atoms with E-state index in [-0.39, 0.29) is 5.54 Å². The van der Waals surface area contributed by atoms with Gasteiger partial charge >= 0.3 is 0 Å². The Morgan fingerprint density at radius 2 is 1.79 bits per heavy atom. The van der Waals surface area contributed by atoms with Crippen LogP contribution < -0.4 is 5.73 Å². The maximum Gasteiger partial charge on any atom is 0.0564 e. The number of likely N-dealkylation sites (tertiary alicyclic amines) is 1. The van der Waals surface area contributed by atoms with Crippen molar-refractivity contribution in [1.29, 1.82) is 0 Å². The van der Waals surface area contributed by atoms with Crippen LogP contribution in [0.15, 0.2) is 30.3 Å². The van der Waals surface area contributed by atoms with Gasteiger partial charge in [-0.25, -0.2) is 0 Å². The van der Waals surface area contributed by atoms with Gasteiger partial charge in [-0.15, -0.1) is 0 Å². The minimum Gasteiger partial charge on any atom is -0.320 e. The predicted octanol–water partition coefficient (Wildman–Crippen LogP) is 3.52. The Morgan fingerprint density at radius 1 is 1.16 bits per heavy atom. The Balaban J connectivity index is 2.29. The topological polar surface area (TPSA) is 29.3 Å². The first-order chi connectivity index (χ1) is 9.22. The Labute approximate surface area is 118 Å². The molecule has 1 fully saturated rings. The van der Waals surface area contributed by atoms with Crippen molar-refractivity contribution in [3.05, 3.63) is 35.9 Å². The standard InChI is InChI=1S/C17H28N2/c1-3-10-16(19-13-8-9-14-19)17(18,4-2)15-11-6-5-7-12-15/h5-7,11-12,16H,3-4,8-10,13-14,18H2,1-2H3. The highest BCUT2D eigenvalue weighted by Crippen LogP contribution is 2.33. The summed E-state index contributed by atoms with van der Waals surface area (Å²) in [4.78, 5) is 2.62. The van der Waals surface area contributed by atoms with Crippen molar-refractivity contribution in [2.45, 2.75) is 57.5 Å². The van der Waals surface area contributed by atoms with E-state index >= 15 is 0 Å². The number of nitrogens with two attached hydrogens (primary N) is 1. The van der Waals surface area contributed by atoms with Crippen LogP contribution in [0.25, 0.3) is 0 Å². The van der Waals surface area contributed by atoms with Crippen molar-refractivity contribution in [3.63, 3.8) is 0 Å². The molecule has 2 N–H and O–H groups in total. The zero-order chi connectivity index (χ0) is 13.7. The third-order valence-corrected chi connectivity index (χ3v) is 4.63. The van der Waals surface area contributed by atoms with Crippen LogP contribution in [0.5, 0.6) is 0 Å². The fraction of sp³-hybridized carbons (Fsp3) is 0.647. The summed E-state index contributed by atoms with van der Waals surface area (Å²) >= 11 is 0. The van der Waals surface area contributed by atoms with Crippen LogP contribution in [0, 0.1) is 0 Å². The summed E-state index contributed by atoms with van der Waals surface area (Å²) in [6.07, 6.45) is 6.05. The third-order valence-electron chi connectivity index (χ3n) is 4.63. The van der Waals surface area contributed by atoms with Crippen molar-refractivity contribution in [3.8, 4) is 0 Å². The van der Waals surface area contributed by atoms with Gasteiger partial charge in [-0.05, 0) is 44.3 Å². The first-order valence-electron chi connectivity index (χ1n) is 7.80. The summed E-state index contributed by atoms with van der Waals surface area (Å²) in [6.45, 7) is 6.93. The summed E-state index contributed by atoms with van der Waals surface area (Å²) in [5, 5.41) is 0. The number of nitrogens with zero attached hydrogens (tertiary/aromatic N) is 1. The number of hydrogen-bond acceptors (Lipinski definition) is 2. The van der Waals surface area contributed by atoms with Crippen LogP contribution >= 0.6 is 0 Å². The van der Waals surface area contributed by atoms with Crippen LogP contribution in [-0.2, 0) is 5.54 Å². The molecule has 1 heterocycles. The minimum atomic E-state index is -0.207. The molecule has 0 radical (unpaired) electrons. The summed E-state index contributed by atoms with van der Waals surface area (Å²) in [6, 6.07) is 11.2. The number of rotatable bonds is 6. The molecule has 1 saturated heterocycles. The van der Waals surface area contributed by atoms with Gasteiger partial charge in [-0.2, -0.15) is 0 Å². The quantitative estimate of drug-likeness (QED) is 0.848. The Bertz CT molecular complexity index is 370. The lowest BCUT2D eigenvalue weighted by molar-refractivity contribution is 0.130. The third kappa shape index (κ3) is 3.01. The van der Waals surface area contributed by atoms with E-state index in [4.69, 9.17) is 5.73 Å². The van der Waals surface area contributed by atoms with E-state index in [9.17, 15) is 0 Å². The molecule has 2 unspecified atom stereocenters. The number of hydrogen-bond donors (Lipinski definition) is 1. The van der Waals surface area contributed by atoms with Crippen LogP contribution in [0.3, 0.4) is 0 Å². The summed E-state index contributed by atoms with van der Waals surface area (Å²) in [5.74, 6) is 0. The highest BCUT2D eigenvalue weighted by atomic mass is 15.2. The lowest BCUT2D eigenvalue weighted by Gasteiger charge is -2.42. The molecule has 2 heteroatoms. The molecule has 2 rings (SSSR count). The second kappa shape index (κ2) is 6.53. The molecule has 1 aromatic carbocycles. The van der Waals surface area contributed by atoms with E-state index in [1.807, 2.05) is 0 Å². The van der Waals surface area contributed by atoms with E-state index < -0.39 is 0 Å². The van der Waals surface area contributed by atoms with E-state index in [1.54, 1.807) is 0 Å². The van der Waals surface area contributed by atoms with Gasteiger partial charge in [0.25, 0.3) is 0 Å². The first-order valence-corrected chi connectivity index (χ1v) is 7.80. The molecule has 0 spiro atoms. The fourth-order valence-electron chi connectivity index (χ4n) is 3.47. The van der Waals surface area contributed by atoms with Crippen molar-refractivity contribution in [2.24, 2.45) is 5.73 Å². The van der Waals surface area contributed by atoms with Crippen LogP contribution in [0.1, 0.15) is 51.5 Å². The highest BCUT2D eigenvalue weighted by Gasteiger charge is 2.38. The van der Waals surface area contributed by atoms with Gasteiger partial charge in [0.1, 0.15) is 0 Å². The Kier molecular flexibility index (Phi) is 5.00. The molecular formula is C17H28N2. The van der Waals surface area contributed by atoms with E-state index in [2.05, 4.69) is 49.1 Å². The van der Waals surface area contributed by atoms with Gasteiger partial charge in [0, 0.05) is 6.04 Å². The smallest absolute Gasteiger partial charge is 0.0564 e. The average Bonchev–Trinajstić information content (AvgIpc) is 2.98. The van der Waals surface area contributed by atoms with Crippen LogP contribution in [-0.4, -0.2) is 24.0 Å². The maximum atomic E-state index is 6.89. The molecule has 0 bridgehead atoms. The lowest BCUT2D eigenvalue weighted by atomic mass is 9.78. The zero-order valence-corrected chi connectivity index (χ0v) is 12.4. The zero-order valence-electron chi connectivity index (χ0n) is 12.4. The first kappa shape index (κ1) is 14.5. The molecule has 1 aliphatic rings.